The maximum absolute atomic E-state index is 11.4. The highest BCUT2D eigenvalue weighted by Crippen LogP contribution is 2.12. The number of aromatic nitrogens is 3. The lowest BCUT2D eigenvalue weighted by Crippen LogP contribution is -2.05. The number of aromatic amines is 1. The number of esters is 1. The molecule has 0 fully saturated rings. The molecular formula is C11H12N4O2. The molecule has 2 heterocycles. The number of rotatable bonds is 4. The summed E-state index contributed by atoms with van der Waals surface area (Å²) in [6.45, 7) is 2.12. The van der Waals surface area contributed by atoms with Gasteiger partial charge < -0.3 is 10.1 Å². The van der Waals surface area contributed by atoms with E-state index in [9.17, 15) is 4.79 Å². The number of nitrogens with zero attached hydrogens (tertiary/aromatic N) is 2. The van der Waals surface area contributed by atoms with Crippen molar-refractivity contribution in [2.75, 3.05) is 11.9 Å². The Kier molecular flexibility index (Phi) is 3.34. The van der Waals surface area contributed by atoms with Crippen molar-refractivity contribution in [2.45, 2.75) is 6.92 Å². The zero-order chi connectivity index (χ0) is 12.1. The first-order valence-electron chi connectivity index (χ1n) is 5.18. The molecule has 0 aliphatic rings. The molecule has 0 aliphatic carbocycles. The highest BCUT2D eigenvalue weighted by Gasteiger charge is 2.06. The molecule has 88 valence electrons. The van der Waals surface area contributed by atoms with Gasteiger partial charge in [0.15, 0.2) is 0 Å². The molecule has 0 radical (unpaired) electrons. The van der Waals surface area contributed by atoms with E-state index in [4.69, 9.17) is 4.74 Å². The van der Waals surface area contributed by atoms with E-state index in [0.717, 1.165) is 5.69 Å². The number of nitrogens with one attached hydrogen (secondary N) is 2. The highest BCUT2D eigenvalue weighted by molar-refractivity contribution is 5.89. The summed E-state index contributed by atoms with van der Waals surface area (Å²) >= 11 is 0. The van der Waals surface area contributed by atoms with Crippen LogP contribution in [0, 0.1) is 0 Å². The van der Waals surface area contributed by atoms with E-state index in [1.807, 2.05) is 0 Å². The molecule has 0 bridgehead atoms. The van der Waals surface area contributed by atoms with Gasteiger partial charge >= 0.3 is 5.97 Å². The van der Waals surface area contributed by atoms with Gasteiger partial charge in [-0.15, -0.1) is 0 Å². The predicted molar refractivity (Wildman–Crippen MR) is 62.1 cm³/mol. The third kappa shape index (κ3) is 2.81. The fraction of sp³-hybridized carbons (Fsp3) is 0.182. The van der Waals surface area contributed by atoms with Crippen LogP contribution in [-0.2, 0) is 4.74 Å². The van der Waals surface area contributed by atoms with Crippen LogP contribution in [0.1, 0.15) is 17.3 Å². The van der Waals surface area contributed by atoms with Crippen molar-refractivity contribution in [3.05, 3.63) is 36.3 Å². The first-order valence-corrected chi connectivity index (χ1v) is 5.18. The summed E-state index contributed by atoms with van der Waals surface area (Å²) in [5.74, 6) is 0.273. The van der Waals surface area contributed by atoms with E-state index in [1.54, 1.807) is 31.5 Å². The highest BCUT2D eigenvalue weighted by atomic mass is 16.5. The molecule has 0 saturated heterocycles. The van der Waals surface area contributed by atoms with Crippen LogP contribution in [0.3, 0.4) is 0 Å². The van der Waals surface area contributed by atoms with E-state index in [2.05, 4.69) is 20.5 Å². The molecule has 0 aromatic carbocycles. The Morgan fingerprint density at radius 2 is 2.35 bits per heavy atom. The Morgan fingerprint density at radius 1 is 1.47 bits per heavy atom. The van der Waals surface area contributed by atoms with E-state index in [-0.39, 0.29) is 5.97 Å². The minimum Gasteiger partial charge on any atom is -0.462 e. The Morgan fingerprint density at radius 3 is 2.94 bits per heavy atom. The zero-order valence-electron chi connectivity index (χ0n) is 9.30. The third-order valence-electron chi connectivity index (χ3n) is 2.05. The molecule has 2 aromatic heterocycles. The summed E-state index contributed by atoms with van der Waals surface area (Å²) in [5, 5.41) is 9.51. The molecule has 6 heteroatoms. The molecular weight excluding hydrogens is 220 g/mol. The van der Waals surface area contributed by atoms with Crippen molar-refractivity contribution in [2.24, 2.45) is 0 Å². The molecule has 0 unspecified atom stereocenters. The Bertz CT molecular complexity index is 479. The van der Waals surface area contributed by atoms with Gasteiger partial charge in [-0.2, -0.15) is 5.10 Å². The summed E-state index contributed by atoms with van der Waals surface area (Å²) in [4.78, 5) is 15.5. The Hall–Kier alpha value is -2.37. The smallest absolute Gasteiger partial charge is 0.339 e. The molecule has 0 aliphatic heterocycles. The standard InChI is InChI=1S/C11H12N4O2/c1-2-17-11(16)8-3-4-10(12-5-8)15-9-6-13-14-7-9/h3-7H,2H2,1H3,(H,12,15)(H,13,14). The molecule has 0 saturated carbocycles. The normalized spacial score (nSPS) is 9.94. The van der Waals surface area contributed by atoms with Crippen LogP contribution < -0.4 is 5.32 Å². The zero-order valence-corrected chi connectivity index (χ0v) is 9.30. The minimum absolute atomic E-state index is 0.355. The van der Waals surface area contributed by atoms with Crippen molar-refractivity contribution in [3.8, 4) is 0 Å². The number of ether oxygens (including phenoxy) is 1. The molecule has 17 heavy (non-hydrogen) atoms. The van der Waals surface area contributed by atoms with E-state index >= 15 is 0 Å². The second-order valence-electron chi connectivity index (χ2n) is 3.26. The van der Waals surface area contributed by atoms with Crippen LogP contribution in [0.4, 0.5) is 11.5 Å². The lowest BCUT2D eigenvalue weighted by Gasteiger charge is -2.04. The molecule has 0 atom stereocenters. The van der Waals surface area contributed by atoms with Crippen LogP contribution in [0.5, 0.6) is 0 Å². The second-order valence-corrected chi connectivity index (χ2v) is 3.26. The topological polar surface area (TPSA) is 79.9 Å². The minimum atomic E-state index is -0.366. The van der Waals surface area contributed by atoms with Gasteiger partial charge in [0, 0.05) is 12.4 Å². The lowest BCUT2D eigenvalue weighted by molar-refractivity contribution is 0.0526. The van der Waals surface area contributed by atoms with E-state index < -0.39 is 0 Å². The number of hydrogen-bond donors (Lipinski definition) is 2. The average Bonchev–Trinajstić information content (AvgIpc) is 2.83. The summed E-state index contributed by atoms with van der Waals surface area (Å²) < 4.78 is 4.86. The Labute approximate surface area is 98.0 Å². The fourth-order valence-electron chi connectivity index (χ4n) is 1.27. The molecule has 0 amide bonds. The Balaban J connectivity index is 2.05. The largest absolute Gasteiger partial charge is 0.462 e. The molecule has 2 rings (SSSR count). The monoisotopic (exact) mass is 232 g/mol. The van der Waals surface area contributed by atoms with Crippen LogP contribution in [0.25, 0.3) is 0 Å². The fourth-order valence-corrected chi connectivity index (χ4v) is 1.27. The number of carbonyl (C=O) groups excluding carboxylic acids is 1. The summed E-state index contributed by atoms with van der Waals surface area (Å²) in [5.41, 5.74) is 1.24. The molecule has 2 aromatic rings. The summed E-state index contributed by atoms with van der Waals surface area (Å²) in [6, 6.07) is 3.37. The molecule has 2 N–H and O–H groups in total. The van der Waals surface area contributed by atoms with Gasteiger partial charge in [0.25, 0.3) is 0 Å². The quantitative estimate of drug-likeness (QED) is 0.784. The van der Waals surface area contributed by atoms with Gasteiger partial charge in [-0.25, -0.2) is 9.78 Å². The van der Waals surface area contributed by atoms with Gasteiger partial charge in [-0.3, -0.25) is 5.10 Å². The summed E-state index contributed by atoms with van der Waals surface area (Å²) in [7, 11) is 0. The van der Waals surface area contributed by atoms with Crippen molar-refractivity contribution in [3.63, 3.8) is 0 Å². The maximum atomic E-state index is 11.4. The number of anilines is 2. The maximum Gasteiger partial charge on any atom is 0.339 e. The third-order valence-corrected chi connectivity index (χ3v) is 2.05. The van der Waals surface area contributed by atoms with E-state index in [1.165, 1.54) is 6.20 Å². The van der Waals surface area contributed by atoms with Crippen LogP contribution >= 0.6 is 0 Å². The van der Waals surface area contributed by atoms with Crippen LogP contribution in [0.15, 0.2) is 30.7 Å². The predicted octanol–water partition coefficient (Wildman–Crippen LogP) is 1.72. The first-order chi connectivity index (χ1) is 8.29. The molecule has 6 nitrogen and oxygen atoms in total. The average molecular weight is 232 g/mol. The van der Waals surface area contributed by atoms with Gasteiger partial charge in [-0.1, -0.05) is 0 Å². The SMILES string of the molecule is CCOC(=O)c1ccc(Nc2cn[nH]c2)nc1. The summed E-state index contributed by atoms with van der Waals surface area (Å²) in [6.07, 6.45) is 4.82. The number of carbonyl (C=O) groups is 1. The van der Waals surface area contributed by atoms with E-state index in [0.29, 0.717) is 18.0 Å². The van der Waals surface area contributed by atoms with Crippen molar-refractivity contribution in [1.82, 2.24) is 15.2 Å². The first kappa shape index (κ1) is 11.1. The number of H-pyrrole nitrogens is 1. The van der Waals surface area contributed by atoms with Crippen molar-refractivity contribution in [1.29, 1.82) is 0 Å². The van der Waals surface area contributed by atoms with Gasteiger partial charge in [0.05, 0.1) is 24.1 Å². The van der Waals surface area contributed by atoms with Crippen molar-refractivity contribution >= 4 is 17.5 Å². The number of pyridine rings is 1. The lowest BCUT2D eigenvalue weighted by atomic mass is 10.3. The van der Waals surface area contributed by atoms with Crippen molar-refractivity contribution < 1.29 is 9.53 Å². The van der Waals surface area contributed by atoms with Gasteiger partial charge in [0.2, 0.25) is 0 Å². The van der Waals surface area contributed by atoms with Gasteiger partial charge in [-0.05, 0) is 19.1 Å². The van der Waals surface area contributed by atoms with Crippen LogP contribution in [-0.4, -0.2) is 27.8 Å². The molecule has 0 spiro atoms. The van der Waals surface area contributed by atoms with Crippen LogP contribution in [0.2, 0.25) is 0 Å². The second kappa shape index (κ2) is 5.11. The number of hydrogen-bond acceptors (Lipinski definition) is 5. The van der Waals surface area contributed by atoms with Gasteiger partial charge in [0.1, 0.15) is 5.82 Å².